The van der Waals surface area contributed by atoms with Crippen LogP contribution in [0.5, 0.6) is 0 Å². The fraction of sp³-hybridized carbons (Fsp3) is 0.250. The maximum Gasteiger partial charge on any atom is 0.146 e. The fourth-order valence-corrected chi connectivity index (χ4v) is 0.286. The Kier molecular flexibility index (Phi) is 3.87. The molecule has 0 spiro atoms. The highest BCUT2D eigenvalue weighted by molar-refractivity contribution is 9.11. The van der Waals surface area contributed by atoms with Gasteiger partial charge in [0.25, 0.3) is 0 Å². The summed E-state index contributed by atoms with van der Waals surface area (Å²) in [5.41, 5.74) is 11.6. The molecule has 0 aromatic rings. The minimum Gasteiger partial charge on any atom is -0.387 e. The monoisotopic (exact) mass is 190 g/mol. The van der Waals surface area contributed by atoms with Crippen LogP contribution in [0.2, 0.25) is 0 Å². The summed E-state index contributed by atoms with van der Waals surface area (Å²) in [6.45, 7) is 1.65. The Hall–Kier alpha value is -0.710. The Morgan fingerprint density at radius 3 is 2.67 bits per heavy atom. The van der Waals surface area contributed by atoms with E-state index >= 15 is 0 Å². The molecule has 0 saturated heterocycles. The third-order valence-corrected chi connectivity index (χ3v) is 0.864. The Bertz CT molecular complexity index is 156. The number of nitrogens with one attached hydrogen (secondary N) is 1. The third kappa shape index (κ3) is 5.16. The predicted octanol–water partition coefficient (Wildman–Crippen LogP) is 1.59. The number of hydrogen-bond donors (Lipinski definition) is 2. The van der Waals surface area contributed by atoms with E-state index in [1.54, 1.807) is 6.92 Å². The smallest absolute Gasteiger partial charge is 0.146 e. The predicted molar refractivity (Wildman–Crippen MR) is 39.5 cm³/mol. The highest BCUT2D eigenvalue weighted by Crippen LogP contribution is 2.04. The van der Waals surface area contributed by atoms with Gasteiger partial charge in [-0.1, -0.05) is 0 Å². The SMILES string of the molecule is C/C(N)=N\C=C(\Br)N=N. The normalized spacial score (nSPS) is 13.6. The van der Waals surface area contributed by atoms with E-state index in [-0.39, 0.29) is 0 Å². The van der Waals surface area contributed by atoms with Gasteiger partial charge in [-0.15, -0.1) is 5.11 Å². The van der Waals surface area contributed by atoms with E-state index in [0.717, 1.165) is 0 Å². The summed E-state index contributed by atoms with van der Waals surface area (Å²) in [4.78, 5) is 3.67. The van der Waals surface area contributed by atoms with Gasteiger partial charge >= 0.3 is 0 Å². The fourth-order valence-electron chi connectivity index (χ4n) is 0.184. The quantitative estimate of drug-likeness (QED) is 0.295. The average Bonchev–Trinajstić information content (AvgIpc) is 1.83. The van der Waals surface area contributed by atoms with Crippen LogP contribution in [0.4, 0.5) is 0 Å². The van der Waals surface area contributed by atoms with Crippen molar-refractivity contribution in [3.63, 3.8) is 0 Å². The summed E-state index contributed by atoms with van der Waals surface area (Å²) in [5.74, 6) is 0.440. The molecule has 0 aliphatic heterocycles. The average molecular weight is 191 g/mol. The first-order valence-corrected chi connectivity index (χ1v) is 2.99. The van der Waals surface area contributed by atoms with Gasteiger partial charge in [0.1, 0.15) is 4.61 Å². The van der Waals surface area contributed by atoms with E-state index in [4.69, 9.17) is 11.3 Å². The zero-order chi connectivity index (χ0) is 7.28. The van der Waals surface area contributed by atoms with Crippen LogP contribution in [0.15, 0.2) is 20.9 Å². The van der Waals surface area contributed by atoms with Gasteiger partial charge in [-0.3, -0.25) is 0 Å². The van der Waals surface area contributed by atoms with Crippen molar-refractivity contribution in [3.05, 3.63) is 10.8 Å². The van der Waals surface area contributed by atoms with Crippen LogP contribution in [0.25, 0.3) is 0 Å². The zero-order valence-corrected chi connectivity index (χ0v) is 6.51. The summed E-state index contributed by atoms with van der Waals surface area (Å²) >= 11 is 2.95. The molecule has 0 aromatic heterocycles. The molecular weight excluding hydrogens is 184 g/mol. The molecule has 0 heterocycles. The van der Waals surface area contributed by atoms with Crippen molar-refractivity contribution >= 4 is 21.8 Å². The minimum atomic E-state index is 0.354. The van der Waals surface area contributed by atoms with Crippen LogP contribution in [0.3, 0.4) is 0 Å². The van der Waals surface area contributed by atoms with Crippen molar-refractivity contribution in [1.82, 2.24) is 0 Å². The van der Waals surface area contributed by atoms with Crippen LogP contribution in [-0.4, -0.2) is 5.84 Å². The maximum absolute atomic E-state index is 6.45. The molecule has 0 bridgehead atoms. The molecule has 0 fully saturated rings. The molecule has 0 amide bonds. The van der Waals surface area contributed by atoms with Gasteiger partial charge in [-0.2, -0.15) is 0 Å². The van der Waals surface area contributed by atoms with Gasteiger partial charge in [0.15, 0.2) is 0 Å². The summed E-state index contributed by atoms with van der Waals surface area (Å²) in [5, 5.41) is 3.03. The van der Waals surface area contributed by atoms with Crippen molar-refractivity contribution in [2.75, 3.05) is 0 Å². The summed E-state index contributed by atoms with van der Waals surface area (Å²) in [6.07, 6.45) is 1.36. The van der Waals surface area contributed by atoms with Crippen LogP contribution in [0, 0.1) is 5.53 Å². The number of rotatable bonds is 2. The van der Waals surface area contributed by atoms with Crippen molar-refractivity contribution in [2.45, 2.75) is 6.92 Å². The van der Waals surface area contributed by atoms with Gasteiger partial charge in [-0.25, -0.2) is 10.5 Å². The standard InChI is InChI=1S/C4H7BrN4/c1-3(6)8-2-4(5)9-7/h2,7H,1H3,(H2,6,8)/b4-2-,9-7?. The number of nitrogens with two attached hydrogens (primary N) is 1. The lowest BCUT2D eigenvalue weighted by atomic mass is 10.7. The van der Waals surface area contributed by atoms with Crippen LogP contribution >= 0.6 is 15.9 Å². The number of halogens is 1. The number of hydrogen-bond acceptors (Lipinski definition) is 3. The second kappa shape index (κ2) is 4.20. The molecule has 0 aliphatic rings. The van der Waals surface area contributed by atoms with Crippen LogP contribution in [-0.2, 0) is 0 Å². The van der Waals surface area contributed by atoms with Gasteiger partial charge in [0.2, 0.25) is 0 Å². The second-order valence-electron chi connectivity index (χ2n) is 1.33. The second-order valence-corrected chi connectivity index (χ2v) is 2.15. The molecule has 0 saturated carbocycles. The van der Waals surface area contributed by atoms with E-state index in [1.165, 1.54) is 6.20 Å². The molecule has 0 unspecified atom stereocenters. The summed E-state index contributed by atoms with van der Waals surface area (Å²) in [6, 6.07) is 0. The molecule has 50 valence electrons. The Labute approximate surface area is 61.5 Å². The molecular formula is C4H7BrN4. The largest absolute Gasteiger partial charge is 0.387 e. The first-order valence-electron chi connectivity index (χ1n) is 2.20. The van der Waals surface area contributed by atoms with Crippen molar-refractivity contribution in [3.8, 4) is 0 Å². The van der Waals surface area contributed by atoms with Gasteiger partial charge in [-0.05, 0) is 22.9 Å². The minimum absolute atomic E-state index is 0.354. The van der Waals surface area contributed by atoms with Crippen LogP contribution in [0.1, 0.15) is 6.92 Å². The van der Waals surface area contributed by atoms with E-state index in [2.05, 4.69) is 26.0 Å². The van der Waals surface area contributed by atoms with Gasteiger partial charge in [0.05, 0.1) is 12.0 Å². The first kappa shape index (κ1) is 8.29. The third-order valence-electron chi connectivity index (χ3n) is 0.482. The van der Waals surface area contributed by atoms with E-state index in [1.807, 2.05) is 0 Å². The summed E-state index contributed by atoms with van der Waals surface area (Å²) < 4.78 is 0.354. The molecule has 0 radical (unpaired) electrons. The van der Waals surface area contributed by atoms with E-state index < -0.39 is 0 Å². The maximum atomic E-state index is 6.45. The summed E-state index contributed by atoms with van der Waals surface area (Å²) in [7, 11) is 0. The molecule has 4 nitrogen and oxygen atoms in total. The topological polar surface area (TPSA) is 74.6 Å². The lowest BCUT2D eigenvalue weighted by molar-refractivity contribution is 1.12. The van der Waals surface area contributed by atoms with Crippen molar-refractivity contribution < 1.29 is 0 Å². The Morgan fingerprint density at radius 1 is 1.78 bits per heavy atom. The van der Waals surface area contributed by atoms with Crippen molar-refractivity contribution in [1.29, 1.82) is 5.53 Å². The first-order chi connectivity index (χ1) is 4.16. The zero-order valence-electron chi connectivity index (χ0n) is 4.93. The van der Waals surface area contributed by atoms with E-state index in [0.29, 0.717) is 10.4 Å². The van der Waals surface area contributed by atoms with Crippen LogP contribution < -0.4 is 5.73 Å². The van der Waals surface area contributed by atoms with Gasteiger partial charge < -0.3 is 5.73 Å². The van der Waals surface area contributed by atoms with Crippen molar-refractivity contribution in [2.24, 2.45) is 15.8 Å². The molecule has 9 heavy (non-hydrogen) atoms. The van der Waals surface area contributed by atoms with Gasteiger partial charge in [0, 0.05) is 0 Å². The Morgan fingerprint density at radius 2 is 2.33 bits per heavy atom. The number of amidine groups is 1. The Balaban J connectivity index is 3.98. The molecule has 0 aromatic carbocycles. The lowest BCUT2D eigenvalue weighted by Gasteiger charge is -1.83. The molecule has 5 heteroatoms. The number of aliphatic imine (C=N–C) groups is 1. The molecule has 3 N–H and O–H groups in total. The molecule has 0 aliphatic carbocycles. The van der Waals surface area contributed by atoms with E-state index in [9.17, 15) is 0 Å². The highest BCUT2D eigenvalue weighted by Gasteiger charge is 1.80. The molecule has 0 rings (SSSR count). The highest BCUT2D eigenvalue weighted by atomic mass is 79.9. The number of nitrogens with zero attached hydrogens (tertiary/aromatic N) is 2. The lowest BCUT2D eigenvalue weighted by Crippen LogP contribution is -2.03. The molecule has 0 atom stereocenters.